The molecule has 1 aliphatic heterocycles. The van der Waals surface area contributed by atoms with Crippen LogP contribution in [-0.2, 0) is 9.59 Å². The van der Waals surface area contributed by atoms with Crippen LogP contribution in [0.2, 0.25) is 0 Å². The molecule has 0 spiro atoms. The Morgan fingerprint density at radius 1 is 1.32 bits per heavy atom. The van der Waals surface area contributed by atoms with E-state index in [2.05, 4.69) is 10.6 Å². The highest BCUT2D eigenvalue weighted by Crippen LogP contribution is 2.32. The van der Waals surface area contributed by atoms with Crippen LogP contribution in [-0.4, -0.2) is 31.4 Å². The molecule has 1 aliphatic rings. The van der Waals surface area contributed by atoms with E-state index in [4.69, 9.17) is 5.73 Å². The van der Waals surface area contributed by atoms with Gasteiger partial charge in [-0.25, -0.2) is 0 Å². The number of rotatable bonds is 5. The first-order valence-electron chi connectivity index (χ1n) is 6.97. The summed E-state index contributed by atoms with van der Waals surface area (Å²) in [7, 11) is 0. The quantitative estimate of drug-likeness (QED) is 0.685. The van der Waals surface area contributed by atoms with E-state index in [0.717, 1.165) is 25.9 Å². The number of hydrogen-bond acceptors (Lipinski definition) is 3. The van der Waals surface area contributed by atoms with E-state index in [1.54, 1.807) is 13.8 Å². The lowest BCUT2D eigenvalue weighted by molar-refractivity contribution is -0.134. The van der Waals surface area contributed by atoms with Crippen molar-refractivity contribution in [2.45, 2.75) is 40.5 Å². The number of nitrogens with two attached hydrogens (primary N) is 1. The van der Waals surface area contributed by atoms with Gasteiger partial charge in [0.25, 0.3) is 0 Å². The zero-order valence-corrected chi connectivity index (χ0v) is 12.5. The molecule has 5 nitrogen and oxygen atoms in total. The molecule has 2 amide bonds. The predicted molar refractivity (Wildman–Crippen MR) is 75.4 cm³/mol. The molecule has 1 fully saturated rings. The maximum absolute atomic E-state index is 12.3. The first-order valence-corrected chi connectivity index (χ1v) is 6.97. The van der Waals surface area contributed by atoms with Crippen molar-refractivity contribution in [1.82, 2.24) is 10.6 Å². The van der Waals surface area contributed by atoms with Crippen molar-refractivity contribution in [2.24, 2.45) is 22.5 Å². The first-order chi connectivity index (χ1) is 8.68. The molecule has 1 unspecified atom stereocenters. The van der Waals surface area contributed by atoms with E-state index >= 15 is 0 Å². The van der Waals surface area contributed by atoms with E-state index in [9.17, 15) is 9.59 Å². The largest absolute Gasteiger partial charge is 0.369 e. The summed E-state index contributed by atoms with van der Waals surface area (Å²) in [5.74, 6) is -0.0709. The van der Waals surface area contributed by atoms with Crippen molar-refractivity contribution >= 4 is 11.8 Å². The van der Waals surface area contributed by atoms with Crippen molar-refractivity contribution in [1.29, 1.82) is 0 Å². The monoisotopic (exact) mass is 269 g/mol. The third kappa shape index (κ3) is 3.93. The van der Waals surface area contributed by atoms with Crippen molar-refractivity contribution in [2.75, 3.05) is 19.6 Å². The van der Waals surface area contributed by atoms with E-state index in [0.29, 0.717) is 5.92 Å². The molecule has 0 aromatic rings. The van der Waals surface area contributed by atoms with Crippen molar-refractivity contribution < 1.29 is 9.59 Å². The van der Waals surface area contributed by atoms with Gasteiger partial charge in [-0.1, -0.05) is 13.8 Å². The molecule has 4 N–H and O–H groups in total. The average molecular weight is 269 g/mol. The number of primary amides is 1. The number of amides is 2. The minimum absolute atomic E-state index is 0.00414. The average Bonchev–Trinajstić information content (AvgIpc) is 2.36. The molecular weight excluding hydrogens is 242 g/mol. The van der Waals surface area contributed by atoms with Gasteiger partial charge in [0.2, 0.25) is 11.8 Å². The number of piperidine rings is 1. The zero-order valence-electron chi connectivity index (χ0n) is 12.5. The minimum Gasteiger partial charge on any atom is -0.369 e. The summed E-state index contributed by atoms with van der Waals surface area (Å²) in [4.78, 5) is 23.6. The van der Waals surface area contributed by atoms with Crippen LogP contribution in [0, 0.1) is 16.7 Å². The second-order valence-electron chi connectivity index (χ2n) is 6.70. The summed E-state index contributed by atoms with van der Waals surface area (Å²) in [6.07, 6.45) is 2.17. The summed E-state index contributed by atoms with van der Waals surface area (Å²) in [5.41, 5.74) is 4.17. The van der Waals surface area contributed by atoms with Crippen LogP contribution in [0.5, 0.6) is 0 Å². The Kier molecular flexibility index (Phi) is 4.96. The molecule has 0 saturated carbocycles. The molecule has 1 atom stereocenters. The second kappa shape index (κ2) is 5.90. The molecule has 5 heteroatoms. The second-order valence-corrected chi connectivity index (χ2v) is 6.70. The van der Waals surface area contributed by atoms with Crippen LogP contribution in [0.15, 0.2) is 0 Å². The maximum atomic E-state index is 12.3. The Bertz CT molecular complexity index is 345. The van der Waals surface area contributed by atoms with Gasteiger partial charge < -0.3 is 16.4 Å². The van der Waals surface area contributed by atoms with Gasteiger partial charge in [0.05, 0.1) is 5.41 Å². The summed E-state index contributed by atoms with van der Waals surface area (Å²) in [5, 5.41) is 6.21. The Labute approximate surface area is 115 Å². The Morgan fingerprint density at radius 3 is 2.42 bits per heavy atom. The van der Waals surface area contributed by atoms with Gasteiger partial charge in [0.15, 0.2) is 0 Å². The fourth-order valence-electron chi connectivity index (χ4n) is 2.27. The number of carbonyl (C=O) groups excluding carboxylic acids is 2. The highest BCUT2D eigenvalue weighted by molar-refractivity contribution is 5.84. The molecule has 0 aliphatic carbocycles. The third-order valence-electron chi connectivity index (χ3n) is 4.26. The lowest BCUT2D eigenvalue weighted by atomic mass is 9.74. The molecule has 0 aromatic heterocycles. The summed E-state index contributed by atoms with van der Waals surface area (Å²) >= 11 is 0. The van der Waals surface area contributed by atoms with E-state index in [1.165, 1.54) is 0 Å². The van der Waals surface area contributed by atoms with Crippen LogP contribution in [0.3, 0.4) is 0 Å². The molecule has 19 heavy (non-hydrogen) atoms. The topological polar surface area (TPSA) is 84.2 Å². The van der Waals surface area contributed by atoms with Gasteiger partial charge in [-0.2, -0.15) is 0 Å². The molecule has 1 heterocycles. The molecule has 0 aromatic carbocycles. The lowest BCUT2D eigenvalue weighted by Gasteiger charge is -2.36. The Hall–Kier alpha value is -1.10. The summed E-state index contributed by atoms with van der Waals surface area (Å²) < 4.78 is 0. The third-order valence-corrected chi connectivity index (χ3v) is 4.26. The van der Waals surface area contributed by atoms with Gasteiger partial charge in [0.1, 0.15) is 0 Å². The summed E-state index contributed by atoms with van der Waals surface area (Å²) in [6, 6.07) is 0. The van der Waals surface area contributed by atoms with Crippen LogP contribution in [0.4, 0.5) is 0 Å². The Morgan fingerprint density at radius 2 is 1.95 bits per heavy atom. The minimum atomic E-state index is -0.712. The molecule has 110 valence electrons. The maximum Gasteiger partial charge on any atom is 0.226 e. The highest BCUT2D eigenvalue weighted by atomic mass is 16.2. The zero-order chi connectivity index (χ0) is 14.7. The number of hydrogen-bond donors (Lipinski definition) is 3. The Balaban J connectivity index is 2.58. The predicted octanol–water partition coefficient (Wildman–Crippen LogP) is 0.640. The fourth-order valence-corrected chi connectivity index (χ4v) is 2.27. The van der Waals surface area contributed by atoms with Crippen molar-refractivity contribution in [3.63, 3.8) is 0 Å². The van der Waals surface area contributed by atoms with Crippen LogP contribution < -0.4 is 16.4 Å². The van der Waals surface area contributed by atoms with Crippen LogP contribution >= 0.6 is 0 Å². The smallest absolute Gasteiger partial charge is 0.226 e. The van der Waals surface area contributed by atoms with Crippen molar-refractivity contribution in [3.05, 3.63) is 0 Å². The first kappa shape index (κ1) is 16.0. The van der Waals surface area contributed by atoms with Crippen molar-refractivity contribution in [3.8, 4) is 0 Å². The number of nitrogens with one attached hydrogen (secondary N) is 2. The number of carbonyl (C=O) groups is 2. The summed E-state index contributed by atoms with van der Waals surface area (Å²) in [6.45, 7) is 9.61. The van der Waals surface area contributed by atoms with Gasteiger partial charge in [-0.15, -0.1) is 0 Å². The van der Waals surface area contributed by atoms with E-state index < -0.39 is 16.7 Å². The van der Waals surface area contributed by atoms with Gasteiger partial charge >= 0.3 is 0 Å². The molecule has 0 radical (unpaired) electrons. The van der Waals surface area contributed by atoms with Gasteiger partial charge in [-0.05, 0) is 45.7 Å². The van der Waals surface area contributed by atoms with Gasteiger partial charge in [-0.3, -0.25) is 9.59 Å². The molecule has 1 saturated heterocycles. The normalized spacial score (nSPS) is 20.9. The van der Waals surface area contributed by atoms with Crippen LogP contribution in [0.25, 0.3) is 0 Å². The van der Waals surface area contributed by atoms with Crippen LogP contribution in [0.1, 0.15) is 40.5 Å². The standard InChI is InChI=1S/C14H27N3O2/c1-13(2,11(15)18)9-17-12(19)14(3,4)10-6-5-7-16-8-10/h10,16H,5-9H2,1-4H3,(H2,15,18)(H,17,19). The molecule has 1 rings (SSSR count). The lowest BCUT2D eigenvalue weighted by Crippen LogP contribution is -2.50. The SMILES string of the molecule is CC(C)(CNC(=O)C(C)(C)C1CCCNC1)C(N)=O. The highest BCUT2D eigenvalue weighted by Gasteiger charge is 2.38. The fraction of sp³-hybridized carbons (Fsp3) is 0.857. The van der Waals surface area contributed by atoms with Gasteiger partial charge in [0, 0.05) is 12.0 Å². The van der Waals surface area contributed by atoms with E-state index in [1.807, 2.05) is 13.8 Å². The molecular formula is C14H27N3O2. The van der Waals surface area contributed by atoms with E-state index in [-0.39, 0.29) is 12.5 Å². The molecule has 0 bridgehead atoms.